The van der Waals surface area contributed by atoms with Crippen molar-refractivity contribution in [2.45, 2.75) is 13.8 Å². The number of carboxylic acids is 1. The summed E-state index contributed by atoms with van der Waals surface area (Å²) in [5.41, 5.74) is -0.917. The van der Waals surface area contributed by atoms with Crippen molar-refractivity contribution in [1.29, 1.82) is 0 Å². The second-order valence-electron chi connectivity index (χ2n) is 4.69. The van der Waals surface area contributed by atoms with Gasteiger partial charge in [0.15, 0.2) is 5.43 Å². The minimum Gasteiger partial charge on any atom is -0.477 e. The molecule has 1 aromatic carbocycles. The lowest BCUT2D eigenvalue weighted by molar-refractivity contribution is 0.0695. The van der Waals surface area contributed by atoms with Gasteiger partial charge in [-0.05, 0) is 31.5 Å². The van der Waals surface area contributed by atoms with E-state index in [9.17, 15) is 24.6 Å². The van der Waals surface area contributed by atoms with Crippen molar-refractivity contribution in [2.75, 3.05) is 0 Å². The number of hydrogen-bond acceptors (Lipinski definition) is 3. The minimum atomic E-state index is -1.48. The standard InChI is InChI=1S/C15H12ClNO5/c1-7-8(2)17(15(21)22)12(11(13(7)18)14(19)20)9-3-5-10(16)6-4-9/h3-6H,1-2H3,(H,19,20)(H,21,22). The number of aromatic carboxylic acids is 1. The highest BCUT2D eigenvalue weighted by Gasteiger charge is 2.26. The first-order valence-corrected chi connectivity index (χ1v) is 6.62. The monoisotopic (exact) mass is 321 g/mol. The largest absolute Gasteiger partial charge is 0.477 e. The molecule has 0 aliphatic carbocycles. The van der Waals surface area contributed by atoms with Gasteiger partial charge >= 0.3 is 12.1 Å². The Morgan fingerprint density at radius 2 is 1.64 bits per heavy atom. The lowest BCUT2D eigenvalue weighted by Crippen LogP contribution is -2.28. The highest BCUT2D eigenvalue weighted by atomic mass is 35.5. The van der Waals surface area contributed by atoms with Crippen LogP contribution in [0.5, 0.6) is 0 Å². The van der Waals surface area contributed by atoms with Crippen LogP contribution in [0, 0.1) is 13.8 Å². The van der Waals surface area contributed by atoms with Gasteiger partial charge in [-0.15, -0.1) is 0 Å². The molecule has 0 aliphatic rings. The van der Waals surface area contributed by atoms with Gasteiger partial charge in [-0.25, -0.2) is 14.2 Å². The molecule has 7 heteroatoms. The van der Waals surface area contributed by atoms with E-state index in [-0.39, 0.29) is 22.5 Å². The van der Waals surface area contributed by atoms with Gasteiger partial charge in [0, 0.05) is 16.3 Å². The first-order valence-electron chi connectivity index (χ1n) is 6.24. The molecule has 0 radical (unpaired) electrons. The number of aromatic nitrogens is 1. The van der Waals surface area contributed by atoms with Crippen LogP contribution in [0.1, 0.15) is 21.6 Å². The third kappa shape index (κ3) is 2.48. The van der Waals surface area contributed by atoms with E-state index in [0.29, 0.717) is 5.02 Å². The molecular weight excluding hydrogens is 310 g/mol. The van der Waals surface area contributed by atoms with Crippen LogP contribution in [0.25, 0.3) is 11.3 Å². The van der Waals surface area contributed by atoms with Crippen LogP contribution in [0.15, 0.2) is 29.1 Å². The first kappa shape index (κ1) is 15.8. The number of pyridine rings is 1. The maximum Gasteiger partial charge on any atom is 0.416 e. The summed E-state index contributed by atoms with van der Waals surface area (Å²) in [6, 6.07) is 5.93. The van der Waals surface area contributed by atoms with Crippen molar-refractivity contribution in [3.8, 4) is 11.3 Å². The fourth-order valence-electron chi connectivity index (χ4n) is 2.23. The van der Waals surface area contributed by atoms with Crippen LogP contribution in [0.3, 0.4) is 0 Å². The zero-order chi connectivity index (χ0) is 16.6. The Bertz CT molecular complexity index is 836. The van der Waals surface area contributed by atoms with E-state index in [1.54, 1.807) is 0 Å². The van der Waals surface area contributed by atoms with E-state index in [1.165, 1.54) is 38.1 Å². The molecule has 0 saturated heterocycles. The van der Waals surface area contributed by atoms with Gasteiger partial charge in [-0.1, -0.05) is 23.7 Å². The van der Waals surface area contributed by atoms with Crippen molar-refractivity contribution in [3.05, 3.63) is 56.3 Å². The van der Waals surface area contributed by atoms with Crippen LogP contribution >= 0.6 is 11.6 Å². The molecular formula is C15H12ClNO5. The fourth-order valence-corrected chi connectivity index (χ4v) is 2.35. The SMILES string of the molecule is Cc1c(C)n(C(=O)O)c(-c2ccc(Cl)cc2)c(C(=O)O)c1=O. The Kier molecular flexibility index (Phi) is 4.05. The Balaban J connectivity index is 3.02. The molecule has 114 valence electrons. The van der Waals surface area contributed by atoms with E-state index in [1.807, 2.05) is 0 Å². The van der Waals surface area contributed by atoms with Gasteiger partial charge in [-0.3, -0.25) is 4.79 Å². The van der Waals surface area contributed by atoms with E-state index in [0.717, 1.165) is 4.57 Å². The molecule has 6 nitrogen and oxygen atoms in total. The van der Waals surface area contributed by atoms with Crippen molar-refractivity contribution in [3.63, 3.8) is 0 Å². The van der Waals surface area contributed by atoms with Crippen molar-refractivity contribution in [2.24, 2.45) is 0 Å². The maximum atomic E-state index is 12.3. The summed E-state index contributed by atoms with van der Waals surface area (Å²) in [4.78, 5) is 35.3. The van der Waals surface area contributed by atoms with Gasteiger partial charge in [0.2, 0.25) is 0 Å². The van der Waals surface area contributed by atoms with Crippen molar-refractivity contribution >= 4 is 23.7 Å². The number of benzene rings is 1. The number of carbonyl (C=O) groups is 2. The van der Waals surface area contributed by atoms with Crippen molar-refractivity contribution in [1.82, 2.24) is 4.57 Å². The van der Waals surface area contributed by atoms with Crippen LogP contribution in [0.4, 0.5) is 4.79 Å². The molecule has 1 aromatic heterocycles. The number of nitrogens with zero attached hydrogens (tertiary/aromatic N) is 1. The molecule has 2 aromatic rings. The second kappa shape index (κ2) is 5.65. The van der Waals surface area contributed by atoms with Gasteiger partial charge in [0.25, 0.3) is 0 Å². The molecule has 0 fully saturated rings. The first-order chi connectivity index (χ1) is 10.3. The molecule has 0 amide bonds. The third-order valence-corrected chi connectivity index (χ3v) is 3.68. The van der Waals surface area contributed by atoms with Crippen LogP contribution in [-0.2, 0) is 0 Å². The molecule has 0 aliphatic heterocycles. The Morgan fingerprint density at radius 1 is 1.09 bits per heavy atom. The molecule has 2 rings (SSSR count). The summed E-state index contributed by atoms with van der Waals surface area (Å²) in [6.45, 7) is 2.85. The van der Waals surface area contributed by atoms with Gasteiger partial charge in [0.1, 0.15) is 5.56 Å². The second-order valence-corrected chi connectivity index (χ2v) is 5.13. The summed E-state index contributed by atoms with van der Waals surface area (Å²) in [5, 5.41) is 19.2. The van der Waals surface area contributed by atoms with E-state index in [2.05, 4.69) is 0 Å². The average molecular weight is 322 g/mol. The topological polar surface area (TPSA) is 96.6 Å². The summed E-state index contributed by atoms with van der Waals surface area (Å²) in [6.07, 6.45) is -1.37. The maximum absolute atomic E-state index is 12.3. The van der Waals surface area contributed by atoms with Gasteiger partial charge < -0.3 is 10.2 Å². The Hall–Kier alpha value is -2.60. The summed E-state index contributed by atoms with van der Waals surface area (Å²) < 4.78 is 0.809. The Morgan fingerprint density at radius 3 is 2.09 bits per heavy atom. The van der Waals surface area contributed by atoms with Gasteiger partial charge in [-0.2, -0.15) is 0 Å². The normalized spacial score (nSPS) is 10.5. The predicted octanol–water partition coefficient (Wildman–Crippen LogP) is 3.01. The van der Waals surface area contributed by atoms with Gasteiger partial charge in [0.05, 0.1) is 5.69 Å². The highest BCUT2D eigenvalue weighted by molar-refractivity contribution is 6.30. The van der Waals surface area contributed by atoms with Crippen LogP contribution in [-0.4, -0.2) is 26.8 Å². The summed E-state index contributed by atoms with van der Waals surface area (Å²) in [7, 11) is 0. The zero-order valence-electron chi connectivity index (χ0n) is 11.8. The number of rotatable bonds is 2. The highest BCUT2D eigenvalue weighted by Crippen LogP contribution is 2.26. The smallest absolute Gasteiger partial charge is 0.416 e. The van der Waals surface area contributed by atoms with E-state index >= 15 is 0 Å². The minimum absolute atomic E-state index is 0.0810. The predicted molar refractivity (Wildman–Crippen MR) is 81.0 cm³/mol. The van der Waals surface area contributed by atoms with Crippen LogP contribution in [0.2, 0.25) is 5.02 Å². The third-order valence-electron chi connectivity index (χ3n) is 3.43. The molecule has 22 heavy (non-hydrogen) atoms. The molecule has 0 saturated carbocycles. The molecule has 1 heterocycles. The van der Waals surface area contributed by atoms with E-state index in [4.69, 9.17) is 11.6 Å². The van der Waals surface area contributed by atoms with Crippen molar-refractivity contribution < 1.29 is 19.8 Å². The van der Waals surface area contributed by atoms with E-state index < -0.39 is 23.1 Å². The molecule has 0 spiro atoms. The Labute approximate surface area is 130 Å². The molecule has 2 N–H and O–H groups in total. The average Bonchev–Trinajstić information content (AvgIpc) is 2.44. The molecule has 0 unspecified atom stereocenters. The zero-order valence-corrected chi connectivity index (χ0v) is 12.5. The number of hydrogen-bond donors (Lipinski definition) is 2. The quantitative estimate of drug-likeness (QED) is 0.886. The lowest BCUT2D eigenvalue weighted by atomic mass is 10.0. The number of halogens is 1. The number of carboxylic acid groups (broad SMARTS) is 2. The fraction of sp³-hybridized carbons (Fsp3) is 0.133. The summed E-state index contributed by atoms with van der Waals surface area (Å²) >= 11 is 5.79. The molecule has 0 bridgehead atoms. The van der Waals surface area contributed by atoms with Crippen LogP contribution < -0.4 is 5.43 Å². The molecule has 0 atom stereocenters. The lowest BCUT2D eigenvalue weighted by Gasteiger charge is -2.17. The summed E-state index contributed by atoms with van der Waals surface area (Å²) in [5.74, 6) is -1.48.